The first-order valence-corrected chi connectivity index (χ1v) is 6.37. The van der Waals surface area contributed by atoms with Gasteiger partial charge in [0.15, 0.2) is 0 Å². The highest BCUT2D eigenvalue weighted by atomic mass is 32.1. The van der Waals surface area contributed by atoms with E-state index < -0.39 is 0 Å². The van der Waals surface area contributed by atoms with Crippen LogP contribution in [0.25, 0.3) is 0 Å². The molecule has 88 valence electrons. The van der Waals surface area contributed by atoms with Crippen LogP contribution in [0.3, 0.4) is 0 Å². The molecule has 0 bridgehead atoms. The Hall–Kier alpha value is -1.10. The normalized spacial score (nSPS) is 16.3. The molecule has 1 aromatic heterocycles. The summed E-state index contributed by atoms with van der Waals surface area (Å²) in [5.41, 5.74) is 0. The molecule has 1 saturated heterocycles. The first kappa shape index (κ1) is 11.4. The van der Waals surface area contributed by atoms with E-state index in [2.05, 4.69) is 18.8 Å². The summed E-state index contributed by atoms with van der Waals surface area (Å²) >= 11 is 1.48. The number of hydrogen-bond donors (Lipinski definition) is 0. The van der Waals surface area contributed by atoms with E-state index in [0.29, 0.717) is 30.6 Å². The summed E-state index contributed by atoms with van der Waals surface area (Å²) in [4.78, 5) is 17.5. The SMILES string of the molecule is CC(C)CC(=O)N1CC(Oc2nccs2)C1. The van der Waals surface area contributed by atoms with E-state index in [4.69, 9.17) is 4.74 Å². The molecule has 1 aliphatic heterocycles. The van der Waals surface area contributed by atoms with Crippen molar-refractivity contribution >= 4 is 17.2 Å². The molecule has 1 fully saturated rings. The maximum Gasteiger partial charge on any atom is 0.273 e. The fraction of sp³-hybridized carbons (Fsp3) is 0.636. The Kier molecular flexibility index (Phi) is 3.43. The minimum atomic E-state index is 0.127. The van der Waals surface area contributed by atoms with E-state index in [0.717, 1.165) is 0 Å². The molecule has 1 aliphatic rings. The number of aromatic nitrogens is 1. The summed E-state index contributed by atoms with van der Waals surface area (Å²) in [5.74, 6) is 0.653. The van der Waals surface area contributed by atoms with Crippen molar-refractivity contribution in [3.63, 3.8) is 0 Å². The zero-order valence-electron chi connectivity index (χ0n) is 9.55. The summed E-state index contributed by atoms with van der Waals surface area (Å²) in [5, 5.41) is 2.58. The van der Waals surface area contributed by atoms with Crippen LogP contribution in [0.4, 0.5) is 0 Å². The van der Waals surface area contributed by atoms with Crippen molar-refractivity contribution in [2.45, 2.75) is 26.4 Å². The average molecular weight is 240 g/mol. The highest BCUT2D eigenvalue weighted by Crippen LogP contribution is 2.21. The number of nitrogens with zero attached hydrogens (tertiary/aromatic N) is 2. The van der Waals surface area contributed by atoms with Crippen LogP contribution >= 0.6 is 11.3 Å². The van der Waals surface area contributed by atoms with Crippen LogP contribution in [0.1, 0.15) is 20.3 Å². The fourth-order valence-corrected chi connectivity index (χ4v) is 2.16. The lowest BCUT2D eigenvalue weighted by Gasteiger charge is -2.38. The Morgan fingerprint density at radius 3 is 3.00 bits per heavy atom. The predicted molar refractivity (Wildman–Crippen MR) is 62.6 cm³/mol. The van der Waals surface area contributed by atoms with E-state index in [1.165, 1.54) is 11.3 Å². The Bertz CT molecular complexity index is 345. The Labute approximate surface area is 99.2 Å². The number of carbonyl (C=O) groups excluding carboxylic acids is 1. The van der Waals surface area contributed by atoms with Crippen LogP contribution in [0.5, 0.6) is 5.19 Å². The monoisotopic (exact) mass is 240 g/mol. The summed E-state index contributed by atoms with van der Waals surface area (Å²) in [6.45, 7) is 5.51. The molecule has 0 aliphatic carbocycles. The van der Waals surface area contributed by atoms with Crippen molar-refractivity contribution < 1.29 is 9.53 Å². The molecule has 0 radical (unpaired) electrons. The molecule has 5 heteroatoms. The number of rotatable bonds is 4. The summed E-state index contributed by atoms with van der Waals surface area (Å²) in [6, 6.07) is 0. The van der Waals surface area contributed by atoms with E-state index in [9.17, 15) is 4.79 Å². The summed E-state index contributed by atoms with van der Waals surface area (Å²) < 4.78 is 5.59. The van der Waals surface area contributed by atoms with Crippen LogP contribution in [0.15, 0.2) is 11.6 Å². The van der Waals surface area contributed by atoms with Crippen molar-refractivity contribution in [1.82, 2.24) is 9.88 Å². The predicted octanol–water partition coefficient (Wildman–Crippen LogP) is 1.78. The number of thiazole rings is 1. The van der Waals surface area contributed by atoms with Gasteiger partial charge in [0.05, 0.1) is 13.1 Å². The molecule has 4 nitrogen and oxygen atoms in total. The topological polar surface area (TPSA) is 42.4 Å². The second kappa shape index (κ2) is 4.82. The standard InChI is InChI=1S/C11H16N2O2S/c1-8(2)5-10(14)13-6-9(7-13)15-11-12-3-4-16-11/h3-4,8-9H,5-7H2,1-2H3. The van der Waals surface area contributed by atoms with Crippen molar-refractivity contribution in [3.05, 3.63) is 11.6 Å². The van der Waals surface area contributed by atoms with Gasteiger partial charge < -0.3 is 9.64 Å². The van der Waals surface area contributed by atoms with Crippen molar-refractivity contribution in [2.75, 3.05) is 13.1 Å². The zero-order chi connectivity index (χ0) is 11.5. The number of ether oxygens (including phenoxy) is 1. The Balaban J connectivity index is 1.71. The minimum Gasteiger partial charge on any atom is -0.463 e. The van der Waals surface area contributed by atoms with Gasteiger partial charge in [-0.05, 0) is 5.92 Å². The number of hydrogen-bond acceptors (Lipinski definition) is 4. The average Bonchev–Trinajstić information content (AvgIpc) is 2.61. The molecule has 16 heavy (non-hydrogen) atoms. The smallest absolute Gasteiger partial charge is 0.273 e. The van der Waals surface area contributed by atoms with Crippen LogP contribution < -0.4 is 4.74 Å². The molecule has 1 aromatic rings. The molecule has 0 unspecified atom stereocenters. The molecule has 0 aromatic carbocycles. The van der Waals surface area contributed by atoms with E-state index in [-0.39, 0.29) is 12.0 Å². The van der Waals surface area contributed by atoms with Crippen LogP contribution in [-0.4, -0.2) is 35.0 Å². The molecule has 0 N–H and O–H groups in total. The third kappa shape index (κ3) is 2.72. The third-order valence-corrected chi connectivity index (χ3v) is 3.12. The van der Waals surface area contributed by atoms with E-state index in [1.54, 1.807) is 6.20 Å². The molecular formula is C11H16N2O2S. The molecule has 0 spiro atoms. The highest BCUT2D eigenvalue weighted by molar-refractivity contribution is 7.11. The van der Waals surface area contributed by atoms with Gasteiger partial charge in [0.2, 0.25) is 5.91 Å². The molecule has 1 amide bonds. The lowest BCUT2D eigenvalue weighted by molar-refractivity contribution is -0.140. The fourth-order valence-electron chi connectivity index (χ4n) is 1.61. The highest BCUT2D eigenvalue weighted by Gasteiger charge is 2.32. The lowest BCUT2D eigenvalue weighted by Crippen LogP contribution is -2.56. The van der Waals surface area contributed by atoms with Crippen LogP contribution in [0, 0.1) is 5.92 Å². The zero-order valence-corrected chi connectivity index (χ0v) is 10.4. The van der Waals surface area contributed by atoms with Crippen LogP contribution in [0.2, 0.25) is 0 Å². The molecule has 0 atom stereocenters. The van der Waals surface area contributed by atoms with Gasteiger partial charge >= 0.3 is 0 Å². The largest absolute Gasteiger partial charge is 0.463 e. The van der Waals surface area contributed by atoms with Gasteiger partial charge in [-0.25, -0.2) is 4.98 Å². The maximum absolute atomic E-state index is 11.6. The summed E-state index contributed by atoms with van der Waals surface area (Å²) in [7, 11) is 0. The van der Waals surface area contributed by atoms with Crippen molar-refractivity contribution in [3.8, 4) is 5.19 Å². The van der Waals surface area contributed by atoms with Gasteiger partial charge in [-0.2, -0.15) is 0 Å². The quantitative estimate of drug-likeness (QED) is 0.805. The Morgan fingerprint density at radius 1 is 1.69 bits per heavy atom. The Morgan fingerprint density at radius 2 is 2.44 bits per heavy atom. The number of likely N-dealkylation sites (tertiary alicyclic amines) is 1. The van der Waals surface area contributed by atoms with Gasteiger partial charge in [-0.1, -0.05) is 25.2 Å². The number of carbonyl (C=O) groups is 1. The molecule has 2 heterocycles. The maximum atomic E-state index is 11.6. The second-order valence-electron chi connectivity index (χ2n) is 4.43. The first-order valence-electron chi connectivity index (χ1n) is 5.49. The van der Waals surface area contributed by atoms with Crippen molar-refractivity contribution in [2.24, 2.45) is 5.92 Å². The van der Waals surface area contributed by atoms with Gasteiger partial charge in [0, 0.05) is 18.0 Å². The molecular weight excluding hydrogens is 224 g/mol. The number of amides is 1. The van der Waals surface area contributed by atoms with Crippen LogP contribution in [-0.2, 0) is 4.79 Å². The first-order chi connectivity index (χ1) is 7.65. The van der Waals surface area contributed by atoms with E-state index in [1.807, 2.05) is 10.3 Å². The third-order valence-electron chi connectivity index (χ3n) is 2.46. The van der Waals surface area contributed by atoms with Crippen molar-refractivity contribution in [1.29, 1.82) is 0 Å². The van der Waals surface area contributed by atoms with E-state index >= 15 is 0 Å². The molecule has 2 rings (SSSR count). The second-order valence-corrected chi connectivity index (χ2v) is 5.29. The minimum absolute atomic E-state index is 0.127. The van der Waals surface area contributed by atoms with Gasteiger partial charge in [0.1, 0.15) is 6.10 Å². The lowest BCUT2D eigenvalue weighted by atomic mass is 10.1. The van der Waals surface area contributed by atoms with Gasteiger partial charge in [0.25, 0.3) is 5.19 Å². The van der Waals surface area contributed by atoms with Gasteiger partial charge in [-0.15, -0.1) is 0 Å². The molecule has 0 saturated carbocycles. The van der Waals surface area contributed by atoms with Gasteiger partial charge in [-0.3, -0.25) is 4.79 Å². The summed E-state index contributed by atoms with van der Waals surface area (Å²) in [6.07, 6.45) is 2.48.